The molecule has 2 aromatic rings. The summed E-state index contributed by atoms with van der Waals surface area (Å²) in [6, 6.07) is 0. The molecule has 0 N–H and O–H groups in total. The number of aromatic nitrogens is 4. The lowest BCUT2D eigenvalue weighted by atomic mass is 10.3. The molecule has 10 heteroatoms. The van der Waals surface area contributed by atoms with Crippen molar-refractivity contribution in [2.75, 3.05) is 37.3 Å². The summed E-state index contributed by atoms with van der Waals surface area (Å²) in [6.07, 6.45) is 2.92. The molecular formula is C11H15ClN6O2S. The fourth-order valence-corrected chi connectivity index (χ4v) is 3.44. The van der Waals surface area contributed by atoms with Crippen LogP contribution in [0.3, 0.4) is 0 Å². The highest BCUT2D eigenvalue weighted by Crippen LogP contribution is 2.26. The number of hydrogen-bond donors (Lipinski definition) is 0. The maximum Gasteiger partial charge on any atom is 0.226 e. The van der Waals surface area contributed by atoms with Gasteiger partial charge < -0.3 is 4.90 Å². The molecule has 0 amide bonds. The minimum Gasteiger partial charge on any atom is -0.353 e. The molecule has 0 saturated carbocycles. The molecule has 0 spiro atoms. The number of aryl methyl sites for hydroxylation is 1. The first-order valence-electron chi connectivity index (χ1n) is 6.41. The van der Waals surface area contributed by atoms with Gasteiger partial charge in [0.25, 0.3) is 0 Å². The second kappa shape index (κ2) is 5.08. The van der Waals surface area contributed by atoms with E-state index in [4.69, 9.17) is 11.6 Å². The van der Waals surface area contributed by atoms with E-state index in [1.165, 1.54) is 10.6 Å². The zero-order valence-corrected chi connectivity index (χ0v) is 13.3. The molecule has 1 fully saturated rings. The number of nitrogens with zero attached hydrogens (tertiary/aromatic N) is 6. The molecule has 21 heavy (non-hydrogen) atoms. The number of piperazine rings is 1. The van der Waals surface area contributed by atoms with Crippen molar-refractivity contribution < 1.29 is 8.42 Å². The van der Waals surface area contributed by atoms with Gasteiger partial charge >= 0.3 is 0 Å². The van der Waals surface area contributed by atoms with Crippen LogP contribution in [-0.4, -0.2) is 64.9 Å². The molecular weight excluding hydrogens is 316 g/mol. The number of hydrogen-bond acceptors (Lipinski definition) is 6. The third-order valence-electron chi connectivity index (χ3n) is 3.55. The molecule has 3 rings (SSSR count). The minimum atomic E-state index is -3.15. The van der Waals surface area contributed by atoms with Crippen LogP contribution in [0.25, 0.3) is 11.0 Å². The predicted octanol–water partition coefficient (Wildman–Crippen LogP) is 0.0983. The van der Waals surface area contributed by atoms with Gasteiger partial charge in [0.15, 0.2) is 5.65 Å². The molecule has 1 aliphatic heterocycles. The smallest absolute Gasteiger partial charge is 0.226 e. The van der Waals surface area contributed by atoms with Crippen LogP contribution in [-0.2, 0) is 17.1 Å². The fraction of sp³-hybridized carbons (Fsp3) is 0.545. The quantitative estimate of drug-likeness (QED) is 0.726. The Morgan fingerprint density at radius 2 is 1.86 bits per heavy atom. The summed E-state index contributed by atoms with van der Waals surface area (Å²) in [7, 11) is -1.36. The SMILES string of the molecule is Cn1ncc2c(N3CCN(S(C)(=O)=O)CC3)nc(Cl)nc21. The van der Waals surface area contributed by atoms with Crippen LogP contribution < -0.4 is 4.90 Å². The molecule has 0 unspecified atom stereocenters. The number of halogens is 1. The molecule has 8 nitrogen and oxygen atoms in total. The van der Waals surface area contributed by atoms with Gasteiger partial charge in [-0.1, -0.05) is 0 Å². The van der Waals surface area contributed by atoms with Gasteiger partial charge in [-0.25, -0.2) is 8.42 Å². The number of anilines is 1. The van der Waals surface area contributed by atoms with E-state index in [0.717, 1.165) is 5.39 Å². The first kappa shape index (κ1) is 14.5. The minimum absolute atomic E-state index is 0.159. The van der Waals surface area contributed by atoms with E-state index < -0.39 is 10.0 Å². The van der Waals surface area contributed by atoms with Crippen molar-refractivity contribution in [1.82, 2.24) is 24.1 Å². The predicted molar refractivity (Wildman–Crippen MR) is 79.9 cm³/mol. The average Bonchev–Trinajstić information content (AvgIpc) is 2.79. The van der Waals surface area contributed by atoms with Crippen molar-refractivity contribution in [1.29, 1.82) is 0 Å². The Labute approximate surface area is 127 Å². The number of rotatable bonds is 2. The van der Waals surface area contributed by atoms with Crippen molar-refractivity contribution in [3.63, 3.8) is 0 Å². The Morgan fingerprint density at radius 3 is 2.48 bits per heavy atom. The summed E-state index contributed by atoms with van der Waals surface area (Å²) < 4.78 is 26.2. The first-order chi connectivity index (χ1) is 9.86. The fourth-order valence-electron chi connectivity index (χ4n) is 2.45. The van der Waals surface area contributed by atoms with Gasteiger partial charge in [0.1, 0.15) is 5.82 Å². The average molecular weight is 331 g/mol. The highest BCUT2D eigenvalue weighted by Gasteiger charge is 2.26. The maximum atomic E-state index is 11.5. The van der Waals surface area contributed by atoms with E-state index in [0.29, 0.717) is 37.6 Å². The number of fused-ring (bicyclic) bond motifs is 1. The maximum absolute atomic E-state index is 11.5. The van der Waals surface area contributed by atoms with Crippen LogP contribution in [0.1, 0.15) is 0 Å². The Hall–Kier alpha value is -1.45. The summed E-state index contributed by atoms with van der Waals surface area (Å²) >= 11 is 5.98. The molecule has 1 saturated heterocycles. The monoisotopic (exact) mass is 330 g/mol. The molecule has 114 valence electrons. The van der Waals surface area contributed by atoms with Gasteiger partial charge in [-0.05, 0) is 11.6 Å². The highest BCUT2D eigenvalue weighted by molar-refractivity contribution is 7.88. The zero-order valence-electron chi connectivity index (χ0n) is 11.7. The highest BCUT2D eigenvalue weighted by atomic mass is 35.5. The topological polar surface area (TPSA) is 84.2 Å². The molecule has 0 radical (unpaired) electrons. The van der Waals surface area contributed by atoms with Gasteiger partial charge in [0.2, 0.25) is 15.3 Å². The summed E-state index contributed by atoms with van der Waals surface area (Å²) in [4.78, 5) is 10.5. The van der Waals surface area contributed by atoms with Crippen molar-refractivity contribution >= 4 is 38.5 Å². The zero-order chi connectivity index (χ0) is 15.2. The van der Waals surface area contributed by atoms with Crippen LogP contribution in [0.2, 0.25) is 5.28 Å². The van der Waals surface area contributed by atoms with E-state index in [2.05, 4.69) is 15.1 Å². The van der Waals surface area contributed by atoms with Gasteiger partial charge in [0.05, 0.1) is 17.8 Å². The van der Waals surface area contributed by atoms with Crippen molar-refractivity contribution in [3.8, 4) is 0 Å². The van der Waals surface area contributed by atoms with Gasteiger partial charge in [-0.15, -0.1) is 0 Å². The lowest BCUT2D eigenvalue weighted by Crippen LogP contribution is -2.48. The molecule has 2 aromatic heterocycles. The van der Waals surface area contributed by atoms with E-state index in [-0.39, 0.29) is 5.28 Å². The summed E-state index contributed by atoms with van der Waals surface area (Å²) in [5, 5.41) is 5.14. The second-order valence-electron chi connectivity index (χ2n) is 4.97. The lowest BCUT2D eigenvalue weighted by Gasteiger charge is -2.34. The van der Waals surface area contributed by atoms with Crippen LogP contribution in [0, 0.1) is 0 Å². The van der Waals surface area contributed by atoms with Crippen LogP contribution in [0.4, 0.5) is 5.82 Å². The Balaban J connectivity index is 1.92. The second-order valence-corrected chi connectivity index (χ2v) is 7.29. The standard InChI is InChI=1S/C11H15ClN6O2S/c1-16-9-8(7-13-16)10(15-11(12)14-9)17-3-5-18(6-4-17)21(2,19)20/h7H,3-6H2,1-2H3. The van der Waals surface area contributed by atoms with Gasteiger partial charge in [-0.2, -0.15) is 19.4 Å². The van der Waals surface area contributed by atoms with E-state index in [9.17, 15) is 8.42 Å². The Kier molecular flexibility index (Phi) is 3.50. The first-order valence-corrected chi connectivity index (χ1v) is 8.64. The van der Waals surface area contributed by atoms with Crippen molar-refractivity contribution in [2.24, 2.45) is 7.05 Å². The van der Waals surface area contributed by atoms with E-state index >= 15 is 0 Å². The van der Waals surface area contributed by atoms with Crippen LogP contribution in [0.5, 0.6) is 0 Å². The van der Waals surface area contributed by atoms with Crippen molar-refractivity contribution in [3.05, 3.63) is 11.5 Å². The normalized spacial score (nSPS) is 17.6. The summed E-state index contributed by atoms with van der Waals surface area (Å²) in [5.41, 5.74) is 0.663. The summed E-state index contributed by atoms with van der Waals surface area (Å²) in [5.74, 6) is 0.700. The van der Waals surface area contributed by atoms with Gasteiger partial charge in [-0.3, -0.25) is 4.68 Å². The van der Waals surface area contributed by atoms with E-state index in [1.807, 2.05) is 4.90 Å². The number of sulfonamides is 1. The van der Waals surface area contributed by atoms with Crippen LogP contribution in [0.15, 0.2) is 6.20 Å². The van der Waals surface area contributed by atoms with E-state index in [1.54, 1.807) is 17.9 Å². The molecule has 0 atom stereocenters. The Morgan fingerprint density at radius 1 is 1.19 bits per heavy atom. The molecule has 0 bridgehead atoms. The molecule has 0 aromatic carbocycles. The van der Waals surface area contributed by atoms with Gasteiger partial charge in [0, 0.05) is 33.2 Å². The lowest BCUT2D eigenvalue weighted by molar-refractivity contribution is 0.387. The van der Waals surface area contributed by atoms with Crippen LogP contribution >= 0.6 is 11.6 Å². The van der Waals surface area contributed by atoms with Crippen molar-refractivity contribution in [2.45, 2.75) is 0 Å². The summed E-state index contributed by atoms with van der Waals surface area (Å²) in [6.45, 7) is 1.99. The molecule has 3 heterocycles. The molecule has 1 aliphatic rings. The third-order valence-corrected chi connectivity index (χ3v) is 5.02. The molecule has 0 aliphatic carbocycles. The largest absolute Gasteiger partial charge is 0.353 e. The third kappa shape index (κ3) is 2.68. The Bertz CT molecular complexity index is 781.